The molecule has 0 saturated heterocycles. The van der Waals surface area contributed by atoms with Gasteiger partial charge in [0.25, 0.3) is 0 Å². The van der Waals surface area contributed by atoms with Gasteiger partial charge in [-0.3, -0.25) is 0 Å². The molecule has 0 aromatic carbocycles. The second-order valence-electron chi connectivity index (χ2n) is 1.60. The summed E-state index contributed by atoms with van der Waals surface area (Å²) >= 11 is 0. The van der Waals surface area contributed by atoms with E-state index in [4.69, 9.17) is 15.1 Å². The Morgan fingerprint density at radius 3 is 2.00 bits per heavy atom. The Balaban J connectivity index is 4.38. The molecule has 2 unspecified atom stereocenters. The minimum absolute atomic E-state index is 0.758. The van der Waals surface area contributed by atoms with Gasteiger partial charge in [0.15, 0.2) is 0 Å². The topological polar surface area (TPSA) is 94.8 Å². The highest BCUT2D eigenvalue weighted by Crippen LogP contribution is 2.31. The van der Waals surface area contributed by atoms with Gasteiger partial charge in [-0.05, 0) is 4.57 Å². The molecule has 0 heterocycles. The van der Waals surface area contributed by atoms with Crippen molar-refractivity contribution in [2.24, 2.45) is 0 Å². The van der Waals surface area contributed by atoms with Crippen molar-refractivity contribution in [1.29, 1.82) is 0 Å². The fourth-order valence-electron chi connectivity index (χ4n) is 0.0818. The van der Waals surface area contributed by atoms with E-state index in [1.54, 1.807) is 0 Å². The third-order valence-electron chi connectivity index (χ3n) is 0.778. The van der Waals surface area contributed by atoms with Crippen LogP contribution in [0.5, 0.6) is 0 Å². The summed E-state index contributed by atoms with van der Waals surface area (Å²) in [5.74, 6) is -1.70. The molecule has 5 nitrogen and oxygen atoms in total. The quantitative estimate of drug-likeness (QED) is 0.465. The normalized spacial score (nSPS) is 18.3. The van der Waals surface area contributed by atoms with Crippen molar-refractivity contribution in [2.75, 3.05) is 0 Å². The fraction of sp³-hybridized carbons (Fsp3) is 0.667. The number of aliphatic hydroxyl groups is 1. The standard InChI is InChI=1S/C3H5O5P/c1-3(6,2(4)5)9(7)8/h6H,1H3,(H-,4,5,7,8)/p+1. The van der Waals surface area contributed by atoms with Gasteiger partial charge < -0.3 is 10.2 Å². The highest BCUT2D eigenvalue weighted by atomic mass is 31.1. The predicted octanol–water partition coefficient (Wildman–Crippen LogP) is -0.486. The molecular formula is C3H6O5P+. The summed E-state index contributed by atoms with van der Waals surface area (Å²) in [5.41, 5.74) is 0. The van der Waals surface area contributed by atoms with E-state index in [2.05, 4.69) is 0 Å². The molecule has 0 amide bonds. The van der Waals surface area contributed by atoms with Crippen LogP contribution in [0.2, 0.25) is 0 Å². The Morgan fingerprint density at radius 2 is 2.00 bits per heavy atom. The minimum Gasteiger partial charge on any atom is -0.476 e. The molecule has 0 spiro atoms. The lowest BCUT2D eigenvalue weighted by Gasteiger charge is -1.99. The zero-order valence-corrected chi connectivity index (χ0v) is 5.50. The van der Waals surface area contributed by atoms with E-state index in [-0.39, 0.29) is 0 Å². The van der Waals surface area contributed by atoms with Crippen molar-refractivity contribution >= 4 is 14.0 Å². The van der Waals surface area contributed by atoms with Crippen molar-refractivity contribution in [2.45, 2.75) is 12.3 Å². The van der Waals surface area contributed by atoms with Crippen molar-refractivity contribution in [3.63, 3.8) is 0 Å². The molecule has 0 fully saturated rings. The molecule has 9 heavy (non-hydrogen) atoms. The van der Waals surface area contributed by atoms with Gasteiger partial charge in [-0.25, -0.2) is 4.79 Å². The van der Waals surface area contributed by atoms with E-state index in [9.17, 15) is 9.36 Å². The zero-order chi connectivity index (χ0) is 7.65. The number of aliphatic carboxylic acids is 1. The number of hydrogen-bond acceptors (Lipinski definition) is 3. The molecule has 0 saturated carbocycles. The Hall–Kier alpha value is -0.510. The molecule has 0 aliphatic heterocycles. The van der Waals surface area contributed by atoms with E-state index >= 15 is 0 Å². The van der Waals surface area contributed by atoms with Crippen LogP contribution in [0.15, 0.2) is 0 Å². The molecule has 0 bridgehead atoms. The van der Waals surface area contributed by atoms with Crippen LogP contribution in [0, 0.1) is 0 Å². The summed E-state index contributed by atoms with van der Waals surface area (Å²) in [7, 11) is -3.08. The maximum atomic E-state index is 9.98. The van der Waals surface area contributed by atoms with Gasteiger partial charge in [0.1, 0.15) is 0 Å². The van der Waals surface area contributed by atoms with Crippen LogP contribution in [0.1, 0.15) is 6.92 Å². The van der Waals surface area contributed by atoms with Crippen LogP contribution in [-0.4, -0.2) is 26.4 Å². The minimum atomic E-state index is -3.08. The fourth-order valence-corrected chi connectivity index (χ4v) is 0.245. The number of carbonyl (C=O) groups is 1. The lowest BCUT2D eigenvalue weighted by molar-refractivity contribution is -0.149. The first-order valence-electron chi connectivity index (χ1n) is 2.01. The maximum absolute atomic E-state index is 9.98. The Labute approximate surface area is 51.8 Å². The van der Waals surface area contributed by atoms with Crippen LogP contribution in [0.4, 0.5) is 0 Å². The molecule has 0 aliphatic carbocycles. The Kier molecular flexibility index (Phi) is 2.25. The maximum Gasteiger partial charge on any atom is 0.553 e. The van der Waals surface area contributed by atoms with Gasteiger partial charge in [-0.15, -0.1) is 0 Å². The van der Waals surface area contributed by atoms with E-state index in [1.165, 1.54) is 0 Å². The van der Waals surface area contributed by atoms with Gasteiger partial charge in [-0.1, -0.05) is 0 Å². The first-order chi connectivity index (χ1) is 3.89. The second kappa shape index (κ2) is 2.39. The lowest BCUT2D eigenvalue weighted by atomic mass is 10.4. The average Bonchev–Trinajstić information content (AvgIpc) is 1.65. The summed E-state index contributed by atoms with van der Waals surface area (Å²) in [6, 6.07) is 0. The molecule has 3 N–H and O–H groups in total. The van der Waals surface area contributed by atoms with Gasteiger partial charge in [0, 0.05) is 6.92 Å². The van der Waals surface area contributed by atoms with E-state index in [1.807, 2.05) is 0 Å². The highest BCUT2D eigenvalue weighted by Gasteiger charge is 2.50. The molecule has 6 heteroatoms. The lowest BCUT2D eigenvalue weighted by Crippen LogP contribution is -2.30. The molecule has 0 rings (SSSR count). The SMILES string of the molecule is CC(O)(C(=O)O)[P+](=O)O. The van der Waals surface area contributed by atoms with Crippen molar-refractivity contribution in [1.82, 2.24) is 0 Å². The van der Waals surface area contributed by atoms with Crippen molar-refractivity contribution in [3.8, 4) is 0 Å². The van der Waals surface area contributed by atoms with Crippen LogP contribution in [0.25, 0.3) is 0 Å². The van der Waals surface area contributed by atoms with Crippen molar-refractivity contribution < 1.29 is 24.5 Å². The number of rotatable bonds is 2. The van der Waals surface area contributed by atoms with Gasteiger partial charge in [0.2, 0.25) is 0 Å². The number of carboxylic acid groups (broad SMARTS) is 1. The monoisotopic (exact) mass is 153 g/mol. The summed E-state index contributed by atoms with van der Waals surface area (Å²) in [4.78, 5) is 18.0. The van der Waals surface area contributed by atoms with Crippen LogP contribution >= 0.6 is 8.03 Å². The summed E-state index contributed by atoms with van der Waals surface area (Å²) in [6.07, 6.45) is 0. The third kappa shape index (κ3) is 1.71. The number of carboxylic acids is 1. The van der Waals surface area contributed by atoms with E-state index < -0.39 is 19.3 Å². The first kappa shape index (κ1) is 8.49. The van der Waals surface area contributed by atoms with Crippen LogP contribution in [0.3, 0.4) is 0 Å². The largest absolute Gasteiger partial charge is 0.553 e. The molecular weight excluding hydrogens is 147 g/mol. The van der Waals surface area contributed by atoms with E-state index in [0.29, 0.717) is 0 Å². The first-order valence-corrected chi connectivity index (χ1v) is 3.22. The molecule has 0 aliphatic rings. The smallest absolute Gasteiger partial charge is 0.476 e. The summed E-state index contributed by atoms with van der Waals surface area (Å²) in [5, 5.41) is 14.0. The van der Waals surface area contributed by atoms with Crippen LogP contribution in [-0.2, 0) is 9.36 Å². The highest BCUT2D eigenvalue weighted by molar-refractivity contribution is 7.41. The summed E-state index contributed by atoms with van der Waals surface area (Å²) < 4.78 is 9.98. The number of hydrogen-bond donors (Lipinski definition) is 3. The van der Waals surface area contributed by atoms with Crippen LogP contribution < -0.4 is 0 Å². The third-order valence-corrected chi connectivity index (χ3v) is 1.71. The zero-order valence-electron chi connectivity index (χ0n) is 4.61. The van der Waals surface area contributed by atoms with Gasteiger partial charge in [0.05, 0.1) is 0 Å². The molecule has 2 atom stereocenters. The molecule has 52 valence electrons. The predicted molar refractivity (Wildman–Crippen MR) is 28.1 cm³/mol. The summed E-state index contributed by atoms with van der Waals surface area (Å²) in [6.45, 7) is 0.758. The van der Waals surface area contributed by atoms with Gasteiger partial charge >= 0.3 is 19.3 Å². The second-order valence-corrected chi connectivity index (χ2v) is 3.02. The Morgan fingerprint density at radius 1 is 1.67 bits per heavy atom. The van der Waals surface area contributed by atoms with E-state index in [0.717, 1.165) is 6.92 Å². The molecule has 0 aromatic heterocycles. The average molecular weight is 153 g/mol. The van der Waals surface area contributed by atoms with Crippen molar-refractivity contribution in [3.05, 3.63) is 0 Å². The Bertz CT molecular complexity index is 134. The molecule has 0 aromatic rings. The molecule has 0 radical (unpaired) electrons. The van der Waals surface area contributed by atoms with Gasteiger partial charge in [-0.2, -0.15) is 4.89 Å².